The molecule has 0 atom stereocenters. The summed E-state index contributed by atoms with van der Waals surface area (Å²) in [5, 5.41) is 2.07. The second kappa shape index (κ2) is 6.22. The van der Waals surface area contributed by atoms with E-state index in [1.807, 2.05) is 17.0 Å². The molecule has 0 spiro atoms. The highest BCUT2D eigenvalue weighted by atomic mass is 79.9. The van der Waals surface area contributed by atoms with Gasteiger partial charge in [-0.05, 0) is 41.6 Å². The fraction of sp³-hybridized carbons (Fsp3) is 0.294. The first kappa shape index (κ1) is 15.7. The Bertz CT molecular complexity index is 820. The van der Waals surface area contributed by atoms with Gasteiger partial charge >= 0.3 is 0 Å². The van der Waals surface area contributed by atoms with Crippen molar-refractivity contribution in [1.82, 2.24) is 4.90 Å². The van der Waals surface area contributed by atoms with Crippen molar-refractivity contribution in [2.75, 3.05) is 24.6 Å². The number of carbonyl (C=O) groups is 2. The van der Waals surface area contributed by atoms with Crippen molar-refractivity contribution in [2.45, 2.75) is 13.0 Å². The number of halogens is 1. The monoisotopic (exact) mass is 406 g/mol. The van der Waals surface area contributed by atoms with Gasteiger partial charge in [0.05, 0.1) is 5.69 Å². The minimum absolute atomic E-state index is 0.0315. The molecule has 0 bridgehead atoms. The van der Waals surface area contributed by atoms with Crippen LogP contribution in [0.25, 0.3) is 0 Å². The number of benzene rings is 1. The number of anilines is 1. The van der Waals surface area contributed by atoms with Gasteiger partial charge in [0.1, 0.15) is 12.3 Å². The van der Waals surface area contributed by atoms with Gasteiger partial charge in [-0.1, -0.05) is 15.9 Å². The summed E-state index contributed by atoms with van der Waals surface area (Å²) in [6.07, 6.45) is 0.888. The molecule has 0 N–H and O–H groups in total. The summed E-state index contributed by atoms with van der Waals surface area (Å²) in [7, 11) is 0. The van der Waals surface area contributed by atoms with Crippen LogP contribution in [0.2, 0.25) is 0 Å². The van der Waals surface area contributed by atoms with Crippen LogP contribution in [-0.2, 0) is 22.6 Å². The Morgan fingerprint density at radius 1 is 1.33 bits per heavy atom. The molecular formula is C17H15BrN2O3S. The van der Waals surface area contributed by atoms with Gasteiger partial charge in [-0.25, -0.2) is 0 Å². The summed E-state index contributed by atoms with van der Waals surface area (Å²) < 4.78 is 6.34. The Hall–Kier alpha value is -1.86. The van der Waals surface area contributed by atoms with Crippen LogP contribution in [-0.4, -0.2) is 36.4 Å². The molecule has 5 nitrogen and oxygen atoms in total. The highest BCUT2D eigenvalue weighted by Crippen LogP contribution is 2.34. The average Bonchev–Trinajstić information content (AvgIpc) is 3.05. The highest BCUT2D eigenvalue weighted by molar-refractivity contribution is 9.10. The molecule has 0 aliphatic carbocycles. The van der Waals surface area contributed by atoms with Crippen molar-refractivity contribution < 1.29 is 14.3 Å². The number of carbonyl (C=O) groups excluding carboxylic acids is 2. The smallest absolute Gasteiger partial charge is 0.265 e. The van der Waals surface area contributed by atoms with Crippen molar-refractivity contribution in [2.24, 2.45) is 0 Å². The van der Waals surface area contributed by atoms with Gasteiger partial charge in [-0.2, -0.15) is 0 Å². The van der Waals surface area contributed by atoms with E-state index in [0.717, 1.165) is 10.9 Å². The third kappa shape index (κ3) is 2.82. The van der Waals surface area contributed by atoms with Crippen LogP contribution in [0, 0.1) is 0 Å². The molecule has 1 aromatic carbocycles. The van der Waals surface area contributed by atoms with Crippen LogP contribution in [0.15, 0.2) is 34.1 Å². The van der Waals surface area contributed by atoms with E-state index >= 15 is 0 Å². The van der Waals surface area contributed by atoms with Crippen molar-refractivity contribution in [3.63, 3.8) is 0 Å². The number of rotatable bonds is 2. The van der Waals surface area contributed by atoms with Crippen molar-refractivity contribution in [3.05, 3.63) is 44.6 Å². The van der Waals surface area contributed by atoms with E-state index in [4.69, 9.17) is 4.74 Å². The van der Waals surface area contributed by atoms with E-state index in [1.54, 1.807) is 17.4 Å². The quantitative estimate of drug-likeness (QED) is 0.770. The van der Waals surface area contributed by atoms with Crippen molar-refractivity contribution >= 4 is 44.8 Å². The second-order valence-corrected chi connectivity index (χ2v) is 7.73. The zero-order valence-electron chi connectivity index (χ0n) is 12.8. The van der Waals surface area contributed by atoms with E-state index in [1.165, 1.54) is 15.3 Å². The Labute approximate surface area is 151 Å². The highest BCUT2D eigenvalue weighted by Gasteiger charge is 2.30. The Morgan fingerprint density at radius 3 is 3.08 bits per heavy atom. The number of hydrogen-bond acceptors (Lipinski definition) is 4. The van der Waals surface area contributed by atoms with Crippen molar-refractivity contribution in [3.8, 4) is 5.75 Å². The van der Waals surface area contributed by atoms with Crippen LogP contribution in [0.3, 0.4) is 0 Å². The molecule has 2 amide bonds. The predicted octanol–water partition coefficient (Wildman–Crippen LogP) is 2.82. The molecule has 2 aliphatic heterocycles. The van der Waals surface area contributed by atoms with Gasteiger partial charge in [-0.15, -0.1) is 11.3 Å². The number of thiophene rings is 1. The Kier molecular flexibility index (Phi) is 4.05. The normalized spacial score (nSPS) is 16.5. The maximum atomic E-state index is 12.7. The summed E-state index contributed by atoms with van der Waals surface area (Å²) in [5.74, 6) is 0.401. The first-order chi connectivity index (χ1) is 11.6. The minimum Gasteiger partial charge on any atom is -0.482 e. The first-order valence-corrected chi connectivity index (χ1v) is 9.35. The number of fused-ring (bicyclic) bond motifs is 2. The third-order valence-electron chi connectivity index (χ3n) is 4.32. The molecule has 4 rings (SSSR count). The lowest BCUT2D eigenvalue weighted by molar-refractivity contribution is -0.132. The molecule has 7 heteroatoms. The SMILES string of the molecule is O=C(CN1C(=O)COc2cc(Br)ccc21)N1CCc2sccc2C1. The lowest BCUT2D eigenvalue weighted by Crippen LogP contribution is -2.47. The number of ether oxygens (including phenoxy) is 1. The van der Waals surface area contributed by atoms with Gasteiger partial charge in [0.15, 0.2) is 6.61 Å². The zero-order valence-corrected chi connectivity index (χ0v) is 15.2. The molecule has 0 saturated carbocycles. The Morgan fingerprint density at radius 2 is 2.21 bits per heavy atom. The van der Waals surface area contributed by atoms with Crippen LogP contribution < -0.4 is 9.64 Å². The minimum atomic E-state index is -0.189. The third-order valence-corrected chi connectivity index (χ3v) is 5.83. The average molecular weight is 407 g/mol. The van der Waals surface area contributed by atoms with E-state index in [0.29, 0.717) is 24.5 Å². The molecule has 0 unspecified atom stereocenters. The van der Waals surface area contributed by atoms with E-state index in [-0.39, 0.29) is 25.0 Å². The lowest BCUT2D eigenvalue weighted by Gasteiger charge is -2.32. The number of hydrogen-bond donors (Lipinski definition) is 0. The summed E-state index contributed by atoms with van der Waals surface area (Å²) in [6, 6.07) is 7.54. The molecule has 124 valence electrons. The van der Waals surface area contributed by atoms with E-state index < -0.39 is 0 Å². The predicted molar refractivity (Wildman–Crippen MR) is 95.4 cm³/mol. The maximum absolute atomic E-state index is 12.7. The molecule has 0 radical (unpaired) electrons. The van der Waals surface area contributed by atoms with E-state index in [9.17, 15) is 9.59 Å². The number of nitrogens with zero attached hydrogens (tertiary/aromatic N) is 2. The van der Waals surface area contributed by atoms with Crippen molar-refractivity contribution in [1.29, 1.82) is 0 Å². The van der Waals surface area contributed by atoms with Crippen LogP contribution in [0.4, 0.5) is 5.69 Å². The molecule has 0 fully saturated rings. The fourth-order valence-corrected chi connectivity index (χ4v) is 4.28. The summed E-state index contributed by atoms with van der Waals surface area (Å²) in [6.45, 7) is 1.35. The number of amides is 2. The zero-order chi connectivity index (χ0) is 16.7. The van der Waals surface area contributed by atoms with Crippen LogP contribution in [0.1, 0.15) is 10.4 Å². The molecule has 1 aromatic heterocycles. The molecule has 2 aliphatic rings. The maximum Gasteiger partial charge on any atom is 0.265 e. The molecule has 3 heterocycles. The van der Waals surface area contributed by atoms with Gasteiger partial charge in [0, 0.05) is 22.4 Å². The topological polar surface area (TPSA) is 49.9 Å². The first-order valence-electron chi connectivity index (χ1n) is 7.67. The van der Waals surface area contributed by atoms with Gasteiger partial charge in [0.25, 0.3) is 5.91 Å². The van der Waals surface area contributed by atoms with Gasteiger partial charge in [-0.3, -0.25) is 14.5 Å². The van der Waals surface area contributed by atoms with Gasteiger partial charge in [0.2, 0.25) is 5.91 Å². The molecular weight excluding hydrogens is 392 g/mol. The molecule has 0 saturated heterocycles. The van der Waals surface area contributed by atoms with Crippen LogP contribution in [0.5, 0.6) is 5.75 Å². The largest absolute Gasteiger partial charge is 0.482 e. The summed E-state index contributed by atoms with van der Waals surface area (Å²) in [5.41, 5.74) is 1.87. The summed E-state index contributed by atoms with van der Waals surface area (Å²) >= 11 is 5.14. The Balaban J connectivity index is 1.53. The van der Waals surface area contributed by atoms with Gasteiger partial charge < -0.3 is 9.64 Å². The summed E-state index contributed by atoms with van der Waals surface area (Å²) in [4.78, 5) is 29.7. The standard InChI is InChI=1S/C17H15BrN2O3S/c18-12-1-2-13-14(7-12)23-10-17(22)20(13)9-16(21)19-5-3-15-11(8-19)4-6-24-15/h1-2,4,6-7H,3,5,8-10H2. The van der Waals surface area contributed by atoms with Crippen LogP contribution >= 0.6 is 27.3 Å². The second-order valence-electron chi connectivity index (χ2n) is 5.81. The molecule has 24 heavy (non-hydrogen) atoms. The molecule has 2 aromatic rings. The van der Waals surface area contributed by atoms with E-state index in [2.05, 4.69) is 27.4 Å². The lowest BCUT2D eigenvalue weighted by atomic mass is 10.1. The fourth-order valence-electron chi connectivity index (χ4n) is 3.05.